The zero-order valence-corrected chi connectivity index (χ0v) is 32.7. The number of para-hydroxylation sites is 1. The third-order valence-corrected chi connectivity index (χ3v) is 11.8. The van der Waals surface area contributed by atoms with Crippen molar-refractivity contribution in [2.45, 2.75) is 27.7 Å². The van der Waals surface area contributed by atoms with E-state index in [9.17, 15) is 0 Å². The number of fused-ring (bicyclic) bond motifs is 4. The van der Waals surface area contributed by atoms with Crippen LogP contribution in [-0.2, 0) is 0 Å². The van der Waals surface area contributed by atoms with E-state index in [4.69, 9.17) is 4.98 Å². The van der Waals surface area contributed by atoms with Gasteiger partial charge in [-0.05, 0) is 141 Å². The standard InChI is InChI=1S/C55H42N2/c1-35-33-53(37(3)31-50(35)44-25-11-17-39-15-5-7-21-42(39)44)57(54-34-36(2)51(32-38(54)4)45-26-12-18-40-16-6-8-22-43(40)45)52-29-28-47(46-23-9-10-24-48(46)52)49-27-13-19-41-20-14-30-56-55(41)49/h5-34H,1-4H3. The van der Waals surface area contributed by atoms with Crippen molar-refractivity contribution >= 4 is 60.3 Å². The van der Waals surface area contributed by atoms with Crippen molar-refractivity contribution in [1.82, 2.24) is 4.98 Å². The van der Waals surface area contributed by atoms with E-state index in [1.807, 2.05) is 12.3 Å². The Morgan fingerprint density at radius 2 is 0.772 bits per heavy atom. The quantitative estimate of drug-likeness (QED) is 0.169. The highest BCUT2D eigenvalue weighted by molar-refractivity contribution is 6.10. The summed E-state index contributed by atoms with van der Waals surface area (Å²) < 4.78 is 0. The van der Waals surface area contributed by atoms with Crippen LogP contribution in [0, 0.1) is 27.7 Å². The van der Waals surface area contributed by atoms with E-state index in [0.717, 1.165) is 22.2 Å². The molecule has 0 bridgehead atoms. The Morgan fingerprint density at radius 1 is 0.316 bits per heavy atom. The first-order valence-electron chi connectivity index (χ1n) is 19.8. The fourth-order valence-electron chi connectivity index (χ4n) is 9.01. The summed E-state index contributed by atoms with van der Waals surface area (Å²) in [5.41, 5.74) is 16.8. The lowest BCUT2D eigenvalue weighted by molar-refractivity contribution is 1.22. The lowest BCUT2D eigenvalue weighted by atomic mass is 9.90. The highest BCUT2D eigenvalue weighted by atomic mass is 15.1. The molecule has 0 spiro atoms. The van der Waals surface area contributed by atoms with Gasteiger partial charge in [0.05, 0.1) is 11.2 Å². The predicted molar refractivity (Wildman–Crippen MR) is 244 cm³/mol. The summed E-state index contributed by atoms with van der Waals surface area (Å²) in [5.74, 6) is 0. The summed E-state index contributed by atoms with van der Waals surface area (Å²) in [6.07, 6.45) is 1.89. The van der Waals surface area contributed by atoms with Crippen LogP contribution in [0.3, 0.4) is 0 Å². The largest absolute Gasteiger partial charge is 0.309 e. The number of anilines is 3. The number of hydrogen-bond acceptors (Lipinski definition) is 2. The highest BCUT2D eigenvalue weighted by Crippen LogP contribution is 2.47. The summed E-state index contributed by atoms with van der Waals surface area (Å²) in [5, 5.41) is 8.57. The first-order chi connectivity index (χ1) is 27.9. The number of aryl methyl sites for hydroxylation is 4. The Labute approximate surface area is 334 Å². The molecule has 0 amide bonds. The molecule has 0 aliphatic carbocycles. The van der Waals surface area contributed by atoms with Crippen molar-refractivity contribution in [1.29, 1.82) is 0 Å². The molecule has 0 N–H and O–H groups in total. The maximum atomic E-state index is 4.85. The highest BCUT2D eigenvalue weighted by Gasteiger charge is 2.23. The van der Waals surface area contributed by atoms with Crippen LogP contribution >= 0.6 is 0 Å². The maximum absolute atomic E-state index is 4.85. The molecule has 2 nitrogen and oxygen atoms in total. The molecule has 1 heterocycles. The first-order valence-corrected chi connectivity index (χ1v) is 19.8. The molecule has 9 aromatic carbocycles. The molecule has 0 saturated heterocycles. The van der Waals surface area contributed by atoms with Crippen molar-refractivity contribution in [2.24, 2.45) is 0 Å². The fourth-order valence-corrected chi connectivity index (χ4v) is 9.01. The lowest BCUT2D eigenvalue weighted by Crippen LogP contribution is -2.14. The predicted octanol–water partition coefficient (Wildman–Crippen LogP) is 15.4. The van der Waals surface area contributed by atoms with Gasteiger partial charge in [-0.25, -0.2) is 0 Å². The number of nitrogens with zero attached hydrogens (tertiary/aromatic N) is 2. The second-order valence-electron chi connectivity index (χ2n) is 15.4. The Balaban J connectivity index is 1.22. The number of benzene rings is 9. The van der Waals surface area contributed by atoms with Gasteiger partial charge in [-0.15, -0.1) is 0 Å². The van der Waals surface area contributed by atoms with Gasteiger partial charge < -0.3 is 4.90 Å². The van der Waals surface area contributed by atoms with E-state index in [0.29, 0.717) is 0 Å². The fraction of sp³-hybridized carbons (Fsp3) is 0.0727. The van der Waals surface area contributed by atoms with Crippen molar-refractivity contribution in [3.8, 4) is 33.4 Å². The molecule has 0 aliphatic heterocycles. The Kier molecular flexibility index (Phi) is 8.42. The molecule has 57 heavy (non-hydrogen) atoms. The van der Waals surface area contributed by atoms with Crippen LogP contribution in [0.5, 0.6) is 0 Å². The second-order valence-corrected chi connectivity index (χ2v) is 15.4. The molecule has 10 aromatic rings. The topological polar surface area (TPSA) is 16.1 Å². The van der Waals surface area contributed by atoms with Crippen LogP contribution < -0.4 is 4.90 Å². The summed E-state index contributed by atoms with van der Waals surface area (Å²) >= 11 is 0. The molecular formula is C55H42N2. The zero-order valence-electron chi connectivity index (χ0n) is 32.7. The number of pyridine rings is 1. The van der Waals surface area contributed by atoms with Gasteiger partial charge in [0.1, 0.15) is 0 Å². The molecule has 0 radical (unpaired) electrons. The Hall–Kier alpha value is -7.03. The van der Waals surface area contributed by atoms with Crippen LogP contribution in [0.1, 0.15) is 22.3 Å². The van der Waals surface area contributed by atoms with Crippen LogP contribution in [0.2, 0.25) is 0 Å². The van der Waals surface area contributed by atoms with Crippen LogP contribution in [0.25, 0.3) is 76.6 Å². The number of rotatable bonds is 6. The summed E-state index contributed by atoms with van der Waals surface area (Å²) in [6, 6.07) is 64.4. The third-order valence-electron chi connectivity index (χ3n) is 11.8. The minimum absolute atomic E-state index is 1.01. The SMILES string of the molecule is Cc1cc(N(c2cc(C)c(-c3cccc4ccccc34)cc2C)c2ccc(-c3cccc4cccnc34)c3ccccc23)c(C)cc1-c1cccc2ccccc12. The van der Waals surface area contributed by atoms with Gasteiger partial charge in [0.2, 0.25) is 0 Å². The Bertz CT molecular complexity index is 3040. The van der Waals surface area contributed by atoms with Crippen molar-refractivity contribution in [3.63, 3.8) is 0 Å². The average molecular weight is 731 g/mol. The van der Waals surface area contributed by atoms with Crippen LogP contribution in [-0.4, -0.2) is 4.98 Å². The van der Waals surface area contributed by atoms with Crippen molar-refractivity contribution < 1.29 is 0 Å². The molecular weight excluding hydrogens is 689 g/mol. The maximum Gasteiger partial charge on any atom is 0.0780 e. The molecule has 1 aromatic heterocycles. The van der Waals surface area contributed by atoms with Gasteiger partial charge >= 0.3 is 0 Å². The number of hydrogen-bond donors (Lipinski definition) is 0. The van der Waals surface area contributed by atoms with E-state index >= 15 is 0 Å². The molecule has 0 unspecified atom stereocenters. The summed E-state index contributed by atoms with van der Waals surface area (Å²) in [7, 11) is 0. The van der Waals surface area contributed by atoms with Crippen LogP contribution in [0.4, 0.5) is 17.1 Å². The second kappa shape index (κ2) is 13.9. The van der Waals surface area contributed by atoms with Crippen molar-refractivity contribution in [2.75, 3.05) is 4.90 Å². The molecule has 0 saturated carbocycles. The van der Waals surface area contributed by atoms with E-state index in [1.165, 1.54) is 93.8 Å². The smallest absolute Gasteiger partial charge is 0.0780 e. The van der Waals surface area contributed by atoms with Gasteiger partial charge in [0.15, 0.2) is 0 Å². The van der Waals surface area contributed by atoms with Crippen LogP contribution in [0.15, 0.2) is 182 Å². The monoisotopic (exact) mass is 730 g/mol. The van der Waals surface area contributed by atoms with Crippen molar-refractivity contribution in [3.05, 3.63) is 204 Å². The van der Waals surface area contributed by atoms with E-state index < -0.39 is 0 Å². The van der Waals surface area contributed by atoms with E-state index in [-0.39, 0.29) is 0 Å². The first kappa shape index (κ1) is 34.5. The van der Waals surface area contributed by atoms with E-state index in [2.05, 4.69) is 202 Å². The van der Waals surface area contributed by atoms with Gasteiger partial charge in [-0.3, -0.25) is 4.98 Å². The molecule has 0 fully saturated rings. The average Bonchev–Trinajstić information content (AvgIpc) is 3.25. The van der Waals surface area contributed by atoms with E-state index in [1.54, 1.807) is 0 Å². The zero-order chi connectivity index (χ0) is 38.6. The number of aromatic nitrogens is 1. The van der Waals surface area contributed by atoms with Gasteiger partial charge in [0.25, 0.3) is 0 Å². The molecule has 0 atom stereocenters. The van der Waals surface area contributed by atoms with Gasteiger partial charge in [-0.2, -0.15) is 0 Å². The minimum Gasteiger partial charge on any atom is -0.309 e. The summed E-state index contributed by atoms with van der Waals surface area (Å²) in [4.78, 5) is 7.37. The lowest BCUT2D eigenvalue weighted by Gasteiger charge is -2.32. The molecule has 10 rings (SSSR count). The Morgan fingerprint density at radius 3 is 1.37 bits per heavy atom. The summed E-state index contributed by atoms with van der Waals surface area (Å²) in [6.45, 7) is 9.05. The normalized spacial score (nSPS) is 11.5. The molecule has 0 aliphatic rings. The van der Waals surface area contributed by atoms with Gasteiger partial charge in [0, 0.05) is 33.9 Å². The molecule has 2 heteroatoms. The molecule has 272 valence electrons. The van der Waals surface area contributed by atoms with Gasteiger partial charge in [-0.1, -0.05) is 140 Å². The third kappa shape index (κ3) is 5.84. The minimum atomic E-state index is 1.01.